The summed E-state index contributed by atoms with van der Waals surface area (Å²) in [5.74, 6) is 1.47. The van der Waals surface area contributed by atoms with E-state index in [-0.39, 0.29) is 29.9 Å². The molecule has 0 unspecified atom stereocenters. The molecule has 2 bridgehead atoms. The van der Waals surface area contributed by atoms with Gasteiger partial charge in [0.2, 0.25) is 0 Å². The fraction of sp³-hybridized carbons (Fsp3) is 0.526. The van der Waals surface area contributed by atoms with Gasteiger partial charge in [-0.1, -0.05) is 12.1 Å². The van der Waals surface area contributed by atoms with E-state index in [1.807, 2.05) is 24.3 Å². The summed E-state index contributed by atoms with van der Waals surface area (Å²) in [5, 5.41) is 4.41. The van der Waals surface area contributed by atoms with Gasteiger partial charge in [0.1, 0.15) is 5.75 Å². The number of hydrogen-bond donors (Lipinski definition) is 1. The molecule has 6 heteroatoms. The van der Waals surface area contributed by atoms with E-state index < -0.39 is 0 Å². The highest BCUT2D eigenvalue weighted by atomic mass is 35.5. The molecule has 4 nitrogen and oxygen atoms in total. The number of piperidine rings is 3. The van der Waals surface area contributed by atoms with Gasteiger partial charge in [0, 0.05) is 11.6 Å². The maximum atomic E-state index is 12.9. The summed E-state index contributed by atoms with van der Waals surface area (Å²) in [6.45, 7) is 6.84. The zero-order valence-electron chi connectivity index (χ0n) is 14.9. The molecular weight excluding hydrogens is 356 g/mol. The van der Waals surface area contributed by atoms with E-state index in [2.05, 4.69) is 24.1 Å². The maximum Gasteiger partial charge on any atom is 0.261 e. The van der Waals surface area contributed by atoms with Crippen molar-refractivity contribution in [1.82, 2.24) is 10.2 Å². The van der Waals surface area contributed by atoms with Crippen LogP contribution in [0.4, 0.5) is 0 Å². The average molecular weight is 381 g/mol. The van der Waals surface area contributed by atoms with Crippen molar-refractivity contribution >= 4 is 39.7 Å². The molecule has 3 fully saturated rings. The van der Waals surface area contributed by atoms with Crippen LogP contribution in [0.25, 0.3) is 10.1 Å². The third-order valence-electron chi connectivity index (χ3n) is 5.83. The Morgan fingerprint density at radius 3 is 2.68 bits per heavy atom. The Labute approximate surface area is 158 Å². The van der Waals surface area contributed by atoms with Gasteiger partial charge in [-0.3, -0.25) is 9.69 Å². The van der Waals surface area contributed by atoms with Crippen LogP contribution in [-0.2, 0) is 0 Å². The van der Waals surface area contributed by atoms with Gasteiger partial charge in [-0.2, -0.15) is 0 Å². The molecule has 1 atom stereocenters. The Morgan fingerprint density at radius 1 is 1.32 bits per heavy atom. The van der Waals surface area contributed by atoms with Crippen LogP contribution in [0.5, 0.6) is 5.75 Å². The second-order valence-electron chi connectivity index (χ2n) is 7.42. The molecule has 1 amide bonds. The zero-order valence-corrected chi connectivity index (χ0v) is 16.5. The number of benzene rings is 1. The second kappa shape index (κ2) is 6.78. The molecule has 1 aromatic heterocycles. The van der Waals surface area contributed by atoms with Crippen LogP contribution in [0.1, 0.15) is 36.4 Å². The van der Waals surface area contributed by atoms with Crippen molar-refractivity contribution in [2.75, 3.05) is 20.2 Å². The van der Waals surface area contributed by atoms with E-state index in [0.29, 0.717) is 5.92 Å². The van der Waals surface area contributed by atoms with Gasteiger partial charge in [-0.25, -0.2) is 0 Å². The molecule has 5 rings (SSSR count). The Bertz CT molecular complexity index is 781. The minimum absolute atomic E-state index is 0. The van der Waals surface area contributed by atoms with Crippen LogP contribution >= 0.6 is 23.7 Å². The lowest BCUT2D eigenvalue weighted by Crippen LogP contribution is -2.69. The lowest BCUT2D eigenvalue weighted by molar-refractivity contribution is -0.0377. The van der Waals surface area contributed by atoms with Crippen molar-refractivity contribution in [2.45, 2.75) is 38.3 Å². The lowest BCUT2D eigenvalue weighted by Gasteiger charge is -2.56. The van der Waals surface area contributed by atoms with Gasteiger partial charge < -0.3 is 10.1 Å². The number of methoxy groups -OCH3 is 1. The minimum Gasteiger partial charge on any atom is -0.495 e. The number of halogens is 1. The number of hydrogen-bond acceptors (Lipinski definition) is 4. The summed E-state index contributed by atoms with van der Waals surface area (Å²) in [6, 6.07) is 8.14. The summed E-state index contributed by atoms with van der Waals surface area (Å²) in [5.41, 5.74) is 0.0329. The molecule has 1 aromatic carbocycles. The molecular formula is C19H25ClN2O2S. The van der Waals surface area contributed by atoms with Gasteiger partial charge in [0.05, 0.1) is 16.7 Å². The Balaban J connectivity index is 0.00000182. The topological polar surface area (TPSA) is 41.6 Å². The number of thiophene rings is 1. The Hall–Kier alpha value is -1.30. The lowest BCUT2D eigenvalue weighted by atomic mass is 9.72. The first kappa shape index (κ1) is 18.5. The molecule has 0 aliphatic carbocycles. The quantitative estimate of drug-likeness (QED) is 0.877. The predicted molar refractivity (Wildman–Crippen MR) is 105 cm³/mol. The zero-order chi connectivity index (χ0) is 16.9. The number of carbonyl (C=O) groups excluding carboxylic acids is 1. The van der Waals surface area contributed by atoms with Crippen LogP contribution in [0.15, 0.2) is 24.3 Å². The van der Waals surface area contributed by atoms with E-state index in [4.69, 9.17) is 4.74 Å². The summed E-state index contributed by atoms with van der Waals surface area (Å²) in [4.78, 5) is 16.2. The van der Waals surface area contributed by atoms with Gasteiger partial charge in [-0.15, -0.1) is 23.7 Å². The number of rotatable bonds is 3. The molecule has 0 spiro atoms. The van der Waals surface area contributed by atoms with E-state index >= 15 is 0 Å². The first-order valence-corrected chi connectivity index (χ1v) is 9.45. The highest BCUT2D eigenvalue weighted by Gasteiger charge is 2.48. The summed E-state index contributed by atoms with van der Waals surface area (Å²) >= 11 is 1.51. The van der Waals surface area contributed by atoms with E-state index in [1.54, 1.807) is 7.11 Å². The first-order chi connectivity index (χ1) is 11.5. The summed E-state index contributed by atoms with van der Waals surface area (Å²) < 4.78 is 6.46. The highest BCUT2D eigenvalue weighted by Crippen LogP contribution is 2.39. The number of carbonyl (C=O) groups is 1. The van der Waals surface area contributed by atoms with Crippen molar-refractivity contribution in [1.29, 1.82) is 0 Å². The third-order valence-corrected chi connectivity index (χ3v) is 6.99. The average Bonchev–Trinajstić information content (AvgIpc) is 3.02. The fourth-order valence-corrected chi connectivity index (χ4v) is 5.45. The molecule has 0 radical (unpaired) electrons. The van der Waals surface area contributed by atoms with E-state index in [9.17, 15) is 4.79 Å². The molecule has 0 saturated carbocycles. The minimum atomic E-state index is 0. The molecule has 4 heterocycles. The molecule has 3 aliphatic heterocycles. The second-order valence-corrected chi connectivity index (χ2v) is 8.47. The first-order valence-electron chi connectivity index (χ1n) is 8.63. The monoisotopic (exact) mass is 380 g/mol. The Kier molecular flexibility index (Phi) is 5.02. The number of nitrogens with zero attached hydrogens (tertiary/aromatic N) is 1. The van der Waals surface area contributed by atoms with Crippen LogP contribution in [0.2, 0.25) is 0 Å². The highest BCUT2D eigenvalue weighted by molar-refractivity contribution is 7.21. The van der Waals surface area contributed by atoms with Crippen LogP contribution in [-0.4, -0.2) is 42.6 Å². The molecule has 3 aliphatic rings. The number of ether oxygens (including phenoxy) is 1. The normalized spacial score (nSPS) is 26.9. The Morgan fingerprint density at radius 2 is 2.04 bits per heavy atom. The van der Waals surface area contributed by atoms with Gasteiger partial charge >= 0.3 is 0 Å². The molecule has 1 N–H and O–H groups in total. The van der Waals surface area contributed by atoms with Gasteiger partial charge in [0.15, 0.2) is 0 Å². The number of fused-ring (bicyclic) bond motifs is 4. The number of nitrogens with one attached hydrogen (secondary N) is 1. The van der Waals surface area contributed by atoms with Crippen molar-refractivity contribution in [3.63, 3.8) is 0 Å². The van der Waals surface area contributed by atoms with E-state index in [1.165, 1.54) is 24.2 Å². The fourth-order valence-electron chi connectivity index (χ4n) is 4.40. The van der Waals surface area contributed by atoms with Crippen molar-refractivity contribution < 1.29 is 9.53 Å². The SMILES string of the molecule is COc1cccc2cc(C(=O)N[C@@H]3C4CCN(CC4)C3(C)C)sc12.Cl. The van der Waals surface area contributed by atoms with Crippen molar-refractivity contribution in [3.05, 3.63) is 29.1 Å². The van der Waals surface area contributed by atoms with Gasteiger partial charge in [0.25, 0.3) is 5.91 Å². The summed E-state index contributed by atoms with van der Waals surface area (Å²) in [7, 11) is 1.67. The third kappa shape index (κ3) is 3.03. The largest absolute Gasteiger partial charge is 0.495 e. The smallest absolute Gasteiger partial charge is 0.261 e. The maximum absolute atomic E-state index is 12.9. The molecule has 2 aromatic rings. The van der Waals surface area contributed by atoms with E-state index in [0.717, 1.165) is 33.8 Å². The van der Waals surface area contributed by atoms with Crippen molar-refractivity contribution in [3.8, 4) is 5.75 Å². The molecule has 136 valence electrons. The predicted octanol–water partition coefficient (Wildman–Crippen LogP) is 3.93. The molecule has 3 saturated heterocycles. The van der Waals surface area contributed by atoms with Crippen LogP contribution in [0, 0.1) is 5.92 Å². The number of amides is 1. The van der Waals surface area contributed by atoms with Gasteiger partial charge in [-0.05, 0) is 63.2 Å². The van der Waals surface area contributed by atoms with Crippen LogP contribution < -0.4 is 10.1 Å². The van der Waals surface area contributed by atoms with Crippen molar-refractivity contribution in [2.24, 2.45) is 5.92 Å². The molecule has 25 heavy (non-hydrogen) atoms. The van der Waals surface area contributed by atoms with Crippen LogP contribution in [0.3, 0.4) is 0 Å². The standard InChI is InChI=1S/C19H24N2O2S.ClH/c1-19(2)17(12-7-9-21(19)10-8-12)20-18(22)15-11-13-5-4-6-14(23-3)16(13)24-15;/h4-6,11-12,17H,7-10H2,1-3H3,(H,20,22);1H/t17-;/m1./s1. The summed E-state index contributed by atoms with van der Waals surface area (Å²) in [6.07, 6.45) is 2.38.